The van der Waals surface area contributed by atoms with Gasteiger partial charge in [-0.25, -0.2) is 0 Å². The lowest BCUT2D eigenvalue weighted by atomic mass is 9.94. The summed E-state index contributed by atoms with van der Waals surface area (Å²) >= 11 is 0. The zero-order chi connectivity index (χ0) is 23.6. The van der Waals surface area contributed by atoms with Crippen molar-refractivity contribution in [3.05, 3.63) is 46.3 Å². The van der Waals surface area contributed by atoms with E-state index in [0.29, 0.717) is 47.0 Å². The molecule has 1 saturated heterocycles. The van der Waals surface area contributed by atoms with Crippen molar-refractivity contribution in [1.29, 1.82) is 0 Å². The monoisotopic (exact) mass is 442 g/mol. The number of methoxy groups -OCH3 is 2. The Kier molecular flexibility index (Phi) is 6.88. The number of nitrogens with one attached hydrogen (secondary N) is 1. The molecule has 172 valence electrons. The van der Waals surface area contributed by atoms with E-state index in [1.54, 1.807) is 32.0 Å². The fourth-order valence-corrected chi connectivity index (χ4v) is 4.08. The van der Waals surface area contributed by atoms with E-state index in [2.05, 4.69) is 10.2 Å². The van der Waals surface area contributed by atoms with Gasteiger partial charge in [-0.15, -0.1) is 0 Å². The van der Waals surface area contributed by atoms with E-state index in [0.717, 1.165) is 6.54 Å². The maximum atomic E-state index is 13.2. The normalized spacial score (nSPS) is 18.0. The topological polar surface area (TPSA) is 108 Å². The van der Waals surface area contributed by atoms with Crippen molar-refractivity contribution in [2.75, 3.05) is 41.4 Å². The summed E-state index contributed by atoms with van der Waals surface area (Å²) in [5.41, 5.74) is 2.14. The lowest BCUT2D eigenvalue weighted by molar-refractivity contribution is -0.140. The fraction of sp³-hybridized carbons (Fsp3) is 0.435. The number of nitrogens with zero attached hydrogens (tertiary/aromatic N) is 3. The van der Waals surface area contributed by atoms with Gasteiger partial charge >= 0.3 is 0 Å². The van der Waals surface area contributed by atoms with Crippen LogP contribution in [0.2, 0.25) is 0 Å². The third-order valence-electron chi connectivity index (χ3n) is 5.64. The van der Waals surface area contributed by atoms with Crippen molar-refractivity contribution in [3.63, 3.8) is 0 Å². The van der Waals surface area contributed by atoms with E-state index in [4.69, 9.17) is 9.47 Å². The second-order valence-corrected chi connectivity index (χ2v) is 8.07. The van der Waals surface area contributed by atoms with Crippen LogP contribution in [0.1, 0.15) is 35.0 Å². The number of amides is 1. The van der Waals surface area contributed by atoms with Crippen LogP contribution in [0.25, 0.3) is 5.76 Å². The summed E-state index contributed by atoms with van der Waals surface area (Å²) in [6.07, 6.45) is 0.659. The number of benzene rings is 1. The smallest absolute Gasteiger partial charge is 0.295 e. The van der Waals surface area contributed by atoms with Crippen LogP contribution in [0, 0.1) is 13.8 Å². The van der Waals surface area contributed by atoms with Crippen molar-refractivity contribution in [1.82, 2.24) is 20.0 Å². The van der Waals surface area contributed by atoms with Crippen LogP contribution in [0.3, 0.4) is 0 Å². The first-order valence-electron chi connectivity index (χ1n) is 10.4. The third kappa shape index (κ3) is 4.20. The minimum atomic E-state index is -0.823. The van der Waals surface area contributed by atoms with Gasteiger partial charge in [0, 0.05) is 17.8 Å². The highest BCUT2D eigenvalue weighted by Crippen LogP contribution is 2.44. The molecule has 0 radical (unpaired) electrons. The SMILES string of the molecule is COc1ccc(OC)c([C@H]2C(=C(O)c3c(C)n[nH]c3C)C(=O)C(=O)N2CCCN(C)C)c1. The van der Waals surface area contributed by atoms with Gasteiger partial charge in [0.05, 0.1) is 37.1 Å². The number of aryl methyl sites for hydroxylation is 2. The predicted molar refractivity (Wildman–Crippen MR) is 120 cm³/mol. The van der Waals surface area contributed by atoms with Gasteiger partial charge in [-0.1, -0.05) is 0 Å². The summed E-state index contributed by atoms with van der Waals surface area (Å²) < 4.78 is 10.9. The molecule has 0 aliphatic carbocycles. The van der Waals surface area contributed by atoms with Gasteiger partial charge in [-0.2, -0.15) is 5.10 Å². The number of likely N-dealkylation sites (tertiary alicyclic amines) is 1. The van der Waals surface area contributed by atoms with Crippen molar-refractivity contribution >= 4 is 17.4 Å². The molecule has 2 N–H and O–H groups in total. The minimum absolute atomic E-state index is 0.0130. The number of carbonyl (C=O) groups excluding carboxylic acids is 2. The van der Waals surface area contributed by atoms with Crippen LogP contribution in [-0.4, -0.2) is 78.2 Å². The molecule has 3 rings (SSSR count). The van der Waals surface area contributed by atoms with Crippen LogP contribution in [-0.2, 0) is 9.59 Å². The van der Waals surface area contributed by atoms with E-state index in [1.807, 2.05) is 19.0 Å². The van der Waals surface area contributed by atoms with Gasteiger partial charge < -0.3 is 24.4 Å². The van der Waals surface area contributed by atoms with E-state index < -0.39 is 17.7 Å². The summed E-state index contributed by atoms with van der Waals surface area (Å²) in [5.74, 6) is -0.601. The number of carbonyl (C=O) groups is 2. The Balaban J connectivity index is 2.22. The maximum Gasteiger partial charge on any atom is 0.295 e. The zero-order valence-electron chi connectivity index (χ0n) is 19.4. The summed E-state index contributed by atoms with van der Waals surface area (Å²) in [7, 11) is 6.95. The molecule has 2 heterocycles. The highest BCUT2D eigenvalue weighted by Gasteiger charge is 2.47. The number of ether oxygens (including phenoxy) is 2. The molecule has 9 heteroatoms. The standard InChI is InChI=1S/C23H30N4O5/c1-13-18(14(2)25-24-13)21(28)19-20(16-12-15(31-5)8-9-17(16)32-6)27(23(30)22(19)29)11-7-10-26(3)4/h8-9,12,20,28H,7,10-11H2,1-6H3,(H,24,25)/t20-/m0/s1. The summed E-state index contributed by atoms with van der Waals surface area (Å²) in [4.78, 5) is 29.8. The Labute approximate surface area is 187 Å². The average molecular weight is 443 g/mol. The fourth-order valence-electron chi connectivity index (χ4n) is 4.08. The van der Waals surface area contributed by atoms with E-state index in [9.17, 15) is 14.7 Å². The number of ketones is 1. The van der Waals surface area contributed by atoms with E-state index >= 15 is 0 Å². The number of Topliss-reactive ketones (excluding diaryl/α,β-unsaturated/α-hetero) is 1. The van der Waals surface area contributed by atoms with Gasteiger partial charge in [-0.05, 0) is 59.1 Å². The van der Waals surface area contributed by atoms with Crippen molar-refractivity contribution in [3.8, 4) is 11.5 Å². The molecule has 1 aliphatic rings. The molecule has 32 heavy (non-hydrogen) atoms. The number of aromatic nitrogens is 2. The molecular formula is C23H30N4O5. The molecule has 1 fully saturated rings. The molecule has 0 unspecified atom stereocenters. The number of hydrogen-bond acceptors (Lipinski definition) is 7. The van der Waals surface area contributed by atoms with E-state index in [1.165, 1.54) is 19.1 Å². The number of aliphatic hydroxyl groups excluding tert-OH is 1. The summed E-state index contributed by atoms with van der Waals surface area (Å²) in [6.45, 7) is 4.56. The van der Waals surface area contributed by atoms with E-state index in [-0.39, 0.29) is 11.3 Å². The Hall–Kier alpha value is -3.33. The number of rotatable bonds is 8. The molecule has 9 nitrogen and oxygen atoms in total. The van der Waals surface area contributed by atoms with Gasteiger partial charge in [0.1, 0.15) is 17.3 Å². The number of hydrogen-bond donors (Lipinski definition) is 2. The van der Waals surface area contributed by atoms with Crippen LogP contribution < -0.4 is 9.47 Å². The largest absolute Gasteiger partial charge is 0.507 e. The third-order valence-corrected chi connectivity index (χ3v) is 5.64. The highest BCUT2D eigenvalue weighted by atomic mass is 16.5. The first-order valence-corrected chi connectivity index (χ1v) is 10.4. The molecule has 1 atom stereocenters. The maximum absolute atomic E-state index is 13.2. The first-order chi connectivity index (χ1) is 15.2. The number of H-pyrrole nitrogens is 1. The van der Waals surface area contributed by atoms with Crippen LogP contribution in [0.15, 0.2) is 23.8 Å². The molecule has 1 aromatic heterocycles. The second-order valence-electron chi connectivity index (χ2n) is 8.07. The minimum Gasteiger partial charge on any atom is -0.507 e. The Morgan fingerprint density at radius 1 is 1.22 bits per heavy atom. The van der Waals surface area contributed by atoms with Crippen molar-refractivity contribution < 1.29 is 24.2 Å². The summed E-state index contributed by atoms with van der Waals surface area (Å²) in [5, 5.41) is 18.2. The van der Waals surface area contributed by atoms with Crippen molar-refractivity contribution in [2.24, 2.45) is 0 Å². The lowest BCUT2D eigenvalue weighted by Crippen LogP contribution is -2.32. The quantitative estimate of drug-likeness (QED) is 0.367. The number of aliphatic hydroxyl groups is 1. The molecular weight excluding hydrogens is 412 g/mol. The molecule has 2 aromatic rings. The molecule has 1 aliphatic heterocycles. The molecule has 0 saturated carbocycles. The van der Waals surface area contributed by atoms with Crippen LogP contribution >= 0.6 is 0 Å². The van der Waals surface area contributed by atoms with Gasteiger partial charge in [0.2, 0.25) is 0 Å². The second kappa shape index (κ2) is 9.44. The van der Waals surface area contributed by atoms with Gasteiger partial charge in [0.25, 0.3) is 11.7 Å². The van der Waals surface area contributed by atoms with Gasteiger partial charge in [-0.3, -0.25) is 14.7 Å². The Morgan fingerprint density at radius 3 is 2.50 bits per heavy atom. The van der Waals surface area contributed by atoms with Crippen LogP contribution in [0.4, 0.5) is 0 Å². The Morgan fingerprint density at radius 2 is 1.94 bits per heavy atom. The molecule has 0 spiro atoms. The summed E-state index contributed by atoms with van der Waals surface area (Å²) in [6, 6.07) is 4.38. The average Bonchev–Trinajstić information content (AvgIpc) is 3.23. The molecule has 0 bridgehead atoms. The highest BCUT2D eigenvalue weighted by molar-refractivity contribution is 6.46. The Bertz CT molecular complexity index is 1040. The van der Waals surface area contributed by atoms with Gasteiger partial charge in [0.15, 0.2) is 0 Å². The molecule has 1 aromatic carbocycles. The molecule has 1 amide bonds. The number of aromatic amines is 1. The van der Waals surface area contributed by atoms with Crippen LogP contribution in [0.5, 0.6) is 11.5 Å². The predicted octanol–water partition coefficient (Wildman–Crippen LogP) is 2.42. The zero-order valence-corrected chi connectivity index (χ0v) is 19.4. The lowest BCUT2D eigenvalue weighted by Gasteiger charge is -2.27. The first kappa shape index (κ1) is 23.3. The van der Waals surface area contributed by atoms with Crippen molar-refractivity contribution in [2.45, 2.75) is 26.3 Å².